The smallest absolute Gasteiger partial charge is 0.329 e. The molecular weight excluding hydrogens is 370 g/mol. The van der Waals surface area contributed by atoms with Crippen LogP contribution in [0.25, 0.3) is 0 Å². The fourth-order valence-electron chi connectivity index (χ4n) is 2.04. The standard InChI is InChI=1S/C19H20ClN3O4/c1-3-10-27-17-9-4-14(20)11-13(17)12-21-23-19(25)18(24)22-15-5-7-16(26-2)8-6-15/h4-9,11-12H,3,10H2,1-2H3,(H,22,24)(H,23,25)/b21-12-. The zero-order chi connectivity index (χ0) is 19.6. The van der Waals surface area contributed by atoms with Gasteiger partial charge >= 0.3 is 11.8 Å². The average Bonchev–Trinajstić information content (AvgIpc) is 2.67. The normalized spacial score (nSPS) is 10.5. The van der Waals surface area contributed by atoms with Gasteiger partial charge in [0, 0.05) is 16.3 Å². The molecule has 0 spiro atoms. The minimum absolute atomic E-state index is 0.463. The van der Waals surface area contributed by atoms with E-state index in [2.05, 4.69) is 15.8 Å². The van der Waals surface area contributed by atoms with Gasteiger partial charge in [-0.15, -0.1) is 0 Å². The molecule has 2 rings (SSSR count). The fraction of sp³-hybridized carbons (Fsp3) is 0.211. The number of nitrogens with zero attached hydrogens (tertiary/aromatic N) is 1. The molecule has 0 saturated carbocycles. The first-order chi connectivity index (χ1) is 13.0. The summed E-state index contributed by atoms with van der Waals surface area (Å²) >= 11 is 5.98. The van der Waals surface area contributed by atoms with Gasteiger partial charge in [0.05, 0.1) is 19.9 Å². The largest absolute Gasteiger partial charge is 0.497 e. The second-order valence-electron chi connectivity index (χ2n) is 5.41. The van der Waals surface area contributed by atoms with Crippen molar-refractivity contribution in [3.63, 3.8) is 0 Å². The Morgan fingerprint density at radius 2 is 1.89 bits per heavy atom. The van der Waals surface area contributed by atoms with Gasteiger partial charge in [0.2, 0.25) is 0 Å². The average molecular weight is 390 g/mol. The lowest BCUT2D eigenvalue weighted by Crippen LogP contribution is -2.32. The molecule has 0 aliphatic rings. The van der Waals surface area contributed by atoms with Crippen LogP contribution in [0.4, 0.5) is 5.69 Å². The Hall–Kier alpha value is -3.06. The first-order valence-corrected chi connectivity index (χ1v) is 8.62. The number of amides is 2. The van der Waals surface area contributed by atoms with Crippen LogP contribution in [-0.2, 0) is 9.59 Å². The molecule has 0 aliphatic carbocycles. The number of hydrazone groups is 1. The van der Waals surface area contributed by atoms with Gasteiger partial charge in [0.1, 0.15) is 11.5 Å². The molecule has 0 aliphatic heterocycles. The molecule has 8 heteroatoms. The van der Waals surface area contributed by atoms with Crippen LogP contribution < -0.4 is 20.2 Å². The van der Waals surface area contributed by atoms with Crippen LogP contribution in [0.2, 0.25) is 5.02 Å². The number of rotatable bonds is 7. The highest BCUT2D eigenvalue weighted by Crippen LogP contribution is 2.21. The van der Waals surface area contributed by atoms with E-state index < -0.39 is 11.8 Å². The Kier molecular flexibility index (Phi) is 7.63. The number of nitrogens with one attached hydrogen (secondary N) is 2. The second-order valence-corrected chi connectivity index (χ2v) is 5.85. The van der Waals surface area contributed by atoms with Gasteiger partial charge in [-0.1, -0.05) is 18.5 Å². The number of carbonyl (C=O) groups is 2. The molecule has 2 aromatic carbocycles. The van der Waals surface area contributed by atoms with E-state index in [9.17, 15) is 9.59 Å². The van der Waals surface area contributed by atoms with Crippen molar-refractivity contribution in [2.45, 2.75) is 13.3 Å². The van der Waals surface area contributed by atoms with Gasteiger partial charge in [-0.2, -0.15) is 5.10 Å². The lowest BCUT2D eigenvalue weighted by Gasteiger charge is -2.08. The number of carbonyl (C=O) groups excluding carboxylic acids is 2. The van der Waals surface area contributed by atoms with E-state index in [-0.39, 0.29) is 0 Å². The van der Waals surface area contributed by atoms with Crippen LogP contribution in [-0.4, -0.2) is 31.7 Å². The Bertz CT molecular complexity index is 822. The van der Waals surface area contributed by atoms with Crippen LogP contribution in [0.3, 0.4) is 0 Å². The molecule has 7 nitrogen and oxygen atoms in total. The highest BCUT2D eigenvalue weighted by atomic mass is 35.5. The van der Waals surface area contributed by atoms with Gasteiger partial charge in [-0.25, -0.2) is 5.43 Å². The summed E-state index contributed by atoms with van der Waals surface area (Å²) < 4.78 is 10.6. The van der Waals surface area contributed by atoms with E-state index in [1.807, 2.05) is 6.92 Å². The SMILES string of the molecule is CCCOc1ccc(Cl)cc1/C=N\NC(=O)C(=O)Nc1ccc(OC)cc1. The molecule has 2 N–H and O–H groups in total. The predicted molar refractivity (Wildman–Crippen MR) is 105 cm³/mol. The zero-order valence-electron chi connectivity index (χ0n) is 15.0. The van der Waals surface area contributed by atoms with Gasteiger partial charge in [-0.3, -0.25) is 9.59 Å². The Morgan fingerprint density at radius 3 is 2.56 bits per heavy atom. The molecule has 0 atom stereocenters. The van der Waals surface area contributed by atoms with E-state index in [1.165, 1.54) is 13.3 Å². The number of methoxy groups -OCH3 is 1. The van der Waals surface area contributed by atoms with Crippen molar-refractivity contribution in [2.24, 2.45) is 5.10 Å². The van der Waals surface area contributed by atoms with Crippen molar-refractivity contribution >= 4 is 35.3 Å². The van der Waals surface area contributed by atoms with Gasteiger partial charge in [-0.05, 0) is 48.9 Å². The van der Waals surface area contributed by atoms with Crippen LogP contribution in [0.15, 0.2) is 47.6 Å². The number of ether oxygens (including phenoxy) is 2. The van der Waals surface area contributed by atoms with Gasteiger partial charge in [0.25, 0.3) is 0 Å². The van der Waals surface area contributed by atoms with Crippen molar-refractivity contribution in [1.29, 1.82) is 0 Å². The quantitative estimate of drug-likeness (QED) is 0.432. The van der Waals surface area contributed by atoms with Crippen LogP contribution in [0, 0.1) is 0 Å². The minimum Gasteiger partial charge on any atom is -0.497 e. The molecule has 0 radical (unpaired) electrons. The second kappa shape index (κ2) is 10.2. The summed E-state index contributed by atoms with van der Waals surface area (Å²) in [4.78, 5) is 23.8. The number of benzene rings is 2. The summed E-state index contributed by atoms with van der Waals surface area (Å²) in [6.45, 7) is 2.53. The van der Waals surface area contributed by atoms with E-state index in [0.29, 0.717) is 34.4 Å². The third-order valence-electron chi connectivity index (χ3n) is 3.36. The number of halogens is 1. The molecule has 0 bridgehead atoms. The summed E-state index contributed by atoms with van der Waals surface area (Å²) in [5.74, 6) is -0.516. The first kappa shape index (κ1) is 20.3. The maximum atomic E-state index is 11.9. The van der Waals surface area contributed by atoms with Crippen molar-refractivity contribution in [3.05, 3.63) is 53.1 Å². The van der Waals surface area contributed by atoms with Gasteiger partial charge in [0.15, 0.2) is 0 Å². The maximum Gasteiger partial charge on any atom is 0.329 e. The summed E-state index contributed by atoms with van der Waals surface area (Å²) in [6, 6.07) is 11.7. The maximum absolute atomic E-state index is 11.9. The molecule has 0 aromatic heterocycles. The molecule has 2 aromatic rings. The third-order valence-corrected chi connectivity index (χ3v) is 3.59. The molecule has 0 heterocycles. The van der Waals surface area contributed by atoms with Crippen molar-refractivity contribution < 1.29 is 19.1 Å². The van der Waals surface area contributed by atoms with Gasteiger partial charge < -0.3 is 14.8 Å². The van der Waals surface area contributed by atoms with Crippen LogP contribution in [0.5, 0.6) is 11.5 Å². The predicted octanol–water partition coefficient (Wildman–Crippen LogP) is 3.23. The monoisotopic (exact) mass is 389 g/mol. The molecule has 2 amide bonds. The lowest BCUT2D eigenvalue weighted by molar-refractivity contribution is -0.136. The Morgan fingerprint density at radius 1 is 1.15 bits per heavy atom. The molecule has 0 unspecified atom stereocenters. The Labute approximate surface area is 162 Å². The minimum atomic E-state index is -0.903. The summed E-state index contributed by atoms with van der Waals surface area (Å²) in [5, 5.41) is 6.76. The summed E-state index contributed by atoms with van der Waals surface area (Å²) in [5.41, 5.74) is 3.22. The molecular formula is C19H20ClN3O4. The van der Waals surface area contributed by atoms with E-state index in [4.69, 9.17) is 21.1 Å². The third kappa shape index (κ3) is 6.31. The van der Waals surface area contributed by atoms with E-state index in [1.54, 1.807) is 42.5 Å². The molecule has 0 fully saturated rings. The Balaban J connectivity index is 1.95. The first-order valence-electron chi connectivity index (χ1n) is 8.24. The van der Waals surface area contributed by atoms with E-state index >= 15 is 0 Å². The number of hydrogen-bond donors (Lipinski definition) is 2. The van der Waals surface area contributed by atoms with Crippen LogP contribution in [0.1, 0.15) is 18.9 Å². The lowest BCUT2D eigenvalue weighted by atomic mass is 10.2. The summed E-state index contributed by atoms with van der Waals surface area (Å²) in [7, 11) is 1.54. The highest BCUT2D eigenvalue weighted by Gasteiger charge is 2.13. The molecule has 142 valence electrons. The van der Waals surface area contributed by atoms with Crippen molar-refractivity contribution in [1.82, 2.24) is 5.43 Å². The topological polar surface area (TPSA) is 89.0 Å². The van der Waals surface area contributed by atoms with Crippen molar-refractivity contribution in [2.75, 3.05) is 19.0 Å². The number of anilines is 1. The van der Waals surface area contributed by atoms with Crippen molar-refractivity contribution in [3.8, 4) is 11.5 Å². The zero-order valence-corrected chi connectivity index (χ0v) is 15.7. The number of hydrogen-bond acceptors (Lipinski definition) is 5. The van der Waals surface area contributed by atoms with Crippen LogP contribution >= 0.6 is 11.6 Å². The molecule has 27 heavy (non-hydrogen) atoms. The van der Waals surface area contributed by atoms with E-state index in [0.717, 1.165) is 6.42 Å². The summed E-state index contributed by atoms with van der Waals surface area (Å²) in [6.07, 6.45) is 2.22. The fourth-order valence-corrected chi connectivity index (χ4v) is 2.22. The molecule has 0 saturated heterocycles. The highest BCUT2D eigenvalue weighted by molar-refractivity contribution is 6.39.